The maximum atomic E-state index is 5.48. The zero-order chi connectivity index (χ0) is 12.8. The fourth-order valence-electron chi connectivity index (χ4n) is 3.73. The van der Waals surface area contributed by atoms with Crippen molar-refractivity contribution in [3.8, 4) is 0 Å². The summed E-state index contributed by atoms with van der Waals surface area (Å²) in [7, 11) is 0. The number of rotatable bonds is 6. The Morgan fingerprint density at radius 3 is 2.56 bits per heavy atom. The van der Waals surface area contributed by atoms with E-state index in [9.17, 15) is 0 Å². The lowest BCUT2D eigenvalue weighted by molar-refractivity contribution is 0.0578. The van der Waals surface area contributed by atoms with Crippen LogP contribution < -0.4 is 5.32 Å². The van der Waals surface area contributed by atoms with Crippen LogP contribution in [0.3, 0.4) is 0 Å². The standard InChI is InChI=1S/C16H31NO/c1-3-8-17-16(15-5-4-13(2)11-15)12-14-6-9-18-10-7-14/h13-17H,3-12H2,1-2H3. The van der Waals surface area contributed by atoms with Crippen molar-refractivity contribution in [3.63, 3.8) is 0 Å². The van der Waals surface area contributed by atoms with E-state index < -0.39 is 0 Å². The molecule has 106 valence electrons. The van der Waals surface area contributed by atoms with Crippen LogP contribution >= 0.6 is 0 Å². The molecule has 0 aromatic carbocycles. The van der Waals surface area contributed by atoms with Crippen LogP contribution in [0.15, 0.2) is 0 Å². The Bertz CT molecular complexity index is 225. The van der Waals surface area contributed by atoms with Gasteiger partial charge in [-0.2, -0.15) is 0 Å². The van der Waals surface area contributed by atoms with Crippen molar-refractivity contribution in [2.45, 2.75) is 64.8 Å². The molecule has 0 spiro atoms. The van der Waals surface area contributed by atoms with Crippen molar-refractivity contribution in [2.24, 2.45) is 17.8 Å². The van der Waals surface area contributed by atoms with Gasteiger partial charge >= 0.3 is 0 Å². The Labute approximate surface area is 113 Å². The lowest BCUT2D eigenvalue weighted by Crippen LogP contribution is -2.38. The van der Waals surface area contributed by atoms with Crippen LogP contribution in [0.5, 0.6) is 0 Å². The average Bonchev–Trinajstić information content (AvgIpc) is 2.82. The topological polar surface area (TPSA) is 21.3 Å². The summed E-state index contributed by atoms with van der Waals surface area (Å²) < 4.78 is 5.48. The molecule has 1 aliphatic heterocycles. The third-order valence-corrected chi connectivity index (χ3v) is 4.89. The molecule has 3 atom stereocenters. The fraction of sp³-hybridized carbons (Fsp3) is 1.00. The first kappa shape index (κ1) is 14.3. The van der Waals surface area contributed by atoms with Crippen LogP contribution in [0.4, 0.5) is 0 Å². The Morgan fingerprint density at radius 2 is 1.94 bits per heavy atom. The van der Waals surface area contributed by atoms with Crippen molar-refractivity contribution < 1.29 is 4.74 Å². The third-order valence-electron chi connectivity index (χ3n) is 4.89. The SMILES string of the molecule is CCCNC(CC1CCOCC1)C1CCC(C)C1. The van der Waals surface area contributed by atoms with E-state index in [2.05, 4.69) is 19.2 Å². The summed E-state index contributed by atoms with van der Waals surface area (Å²) in [6.07, 6.45) is 9.56. The van der Waals surface area contributed by atoms with E-state index >= 15 is 0 Å². The summed E-state index contributed by atoms with van der Waals surface area (Å²) in [5.74, 6) is 2.80. The first-order valence-corrected chi connectivity index (χ1v) is 8.10. The molecule has 3 unspecified atom stereocenters. The highest BCUT2D eigenvalue weighted by Crippen LogP contribution is 2.35. The van der Waals surface area contributed by atoms with E-state index in [1.54, 1.807) is 0 Å². The van der Waals surface area contributed by atoms with Gasteiger partial charge in [0.2, 0.25) is 0 Å². The van der Waals surface area contributed by atoms with Gasteiger partial charge in [-0.25, -0.2) is 0 Å². The first-order valence-electron chi connectivity index (χ1n) is 8.10. The van der Waals surface area contributed by atoms with Crippen molar-refractivity contribution in [2.75, 3.05) is 19.8 Å². The molecule has 0 aromatic heterocycles. The monoisotopic (exact) mass is 253 g/mol. The van der Waals surface area contributed by atoms with Gasteiger partial charge in [0.1, 0.15) is 0 Å². The van der Waals surface area contributed by atoms with E-state index in [4.69, 9.17) is 4.74 Å². The van der Waals surface area contributed by atoms with Gasteiger partial charge in [-0.1, -0.05) is 20.3 Å². The Morgan fingerprint density at radius 1 is 1.17 bits per heavy atom. The average molecular weight is 253 g/mol. The lowest BCUT2D eigenvalue weighted by Gasteiger charge is -2.31. The van der Waals surface area contributed by atoms with E-state index in [1.165, 1.54) is 51.5 Å². The van der Waals surface area contributed by atoms with Crippen LogP contribution in [0.25, 0.3) is 0 Å². The summed E-state index contributed by atoms with van der Waals surface area (Å²) in [5.41, 5.74) is 0. The minimum atomic E-state index is 0.776. The van der Waals surface area contributed by atoms with Gasteiger partial charge in [-0.05, 0) is 62.8 Å². The largest absolute Gasteiger partial charge is 0.381 e. The smallest absolute Gasteiger partial charge is 0.0468 e. The second-order valence-corrected chi connectivity index (χ2v) is 6.53. The number of hydrogen-bond donors (Lipinski definition) is 1. The highest BCUT2D eigenvalue weighted by molar-refractivity contribution is 4.85. The van der Waals surface area contributed by atoms with E-state index in [1.807, 2.05) is 0 Å². The Hall–Kier alpha value is -0.0800. The molecule has 1 aliphatic carbocycles. The van der Waals surface area contributed by atoms with E-state index in [0.29, 0.717) is 0 Å². The molecule has 1 heterocycles. The maximum absolute atomic E-state index is 5.48. The van der Waals surface area contributed by atoms with Gasteiger partial charge in [0.15, 0.2) is 0 Å². The van der Waals surface area contributed by atoms with E-state index in [0.717, 1.165) is 37.0 Å². The zero-order valence-electron chi connectivity index (χ0n) is 12.3. The fourth-order valence-corrected chi connectivity index (χ4v) is 3.73. The predicted octanol–water partition coefficient (Wildman–Crippen LogP) is 3.61. The second kappa shape index (κ2) is 7.49. The summed E-state index contributed by atoms with van der Waals surface area (Å²) in [6, 6.07) is 0.776. The molecule has 18 heavy (non-hydrogen) atoms. The van der Waals surface area contributed by atoms with Gasteiger partial charge in [0, 0.05) is 19.3 Å². The minimum Gasteiger partial charge on any atom is -0.381 e. The summed E-state index contributed by atoms with van der Waals surface area (Å²) in [6.45, 7) is 7.87. The second-order valence-electron chi connectivity index (χ2n) is 6.53. The number of ether oxygens (including phenoxy) is 1. The highest BCUT2D eigenvalue weighted by atomic mass is 16.5. The molecule has 0 bridgehead atoms. The molecule has 2 aliphatic rings. The minimum absolute atomic E-state index is 0.776. The molecule has 0 amide bonds. The Balaban J connectivity index is 1.83. The molecule has 2 fully saturated rings. The van der Waals surface area contributed by atoms with Crippen LogP contribution in [-0.2, 0) is 4.74 Å². The zero-order valence-corrected chi connectivity index (χ0v) is 12.3. The van der Waals surface area contributed by atoms with Crippen molar-refractivity contribution in [3.05, 3.63) is 0 Å². The van der Waals surface area contributed by atoms with Crippen LogP contribution in [0.2, 0.25) is 0 Å². The first-order chi connectivity index (χ1) is 8.79. The molecule has 1 saturated heterocycles. The Kier molecular flexibility index (Phi) is 5.97. The summed E-state index contributed by atoms with van der Waals surface area (Å²) in [5, 5.41) is 3.84. The molecule has 1 N–H and O–H groups in total. The summed E-state index contributed by atoms with van der Waals surface area (Å²) >= 11 is 0. The van der Waals surface area contributed by atoms with E-state index in [-0.39, 0.29) is 0 Å². The highest BCUT2D eigenvalue weighted by Gasteiger charge is 2.30. The van der Waals surface area contributed by atoms with Gasteiger partial charge in [-0.15, -0.1) is 0 Å². The lowest BCUT2D eigenvalue weighted by atomic mass is 9.85. The number of hydrogen-bond acceptors (Lipinski definition) is 2. The maximum Gasteiger partial charge on any atom is 0.0468 e. The van der Waals surface area contributed by atoms with Crippen molar-refractivity contribution in [1.29, 1.82) is 0 Å². The molecule has 1 saturated carbocycles. The van der Waals surface area contributed by atoms with Crippen molar-refractivity contribution >= 4 is 0 Å². The quantitative estimate of drug-likeness (QED) is 0.781. The van der Waals surface area contributed by atoms with Gasteiger partial charge in [-0.3, -0.25) is 0 Å². The van der Waals surface area contributed by atoms with Crippen LogP contribution in [0, 0.1) is 17.8 Å². The number of nitrogens with one attached hydrogen (secondary N) is 1. The van der Waals surface area contributed by atoms with Gasteiger partial charge < -0.3 is 10.1 Å². The molecule has 0 radical (unpaired) electrons. The summed E-state index contributed by atoms with van der Waals surface area (Å²) in [4.78, 5) is 0. The van der Waals surface area contributed by atoms with Gasteiger partial charge in [0.25, 0.3) is 0 Å². The molecule has 2 nitrogen and oxygen atoms in total. The van der Waals surface area contributed by atoms with Crippen molar-refractivity contribution in [1.82, 2.24) is 5.32 Å². The predicted molar refractivity (Wildman–Crippen MR) is 76.7 cm³/mol. The van der Waals surface area contributed by atoms with Crippen LogP contribution in [0.1, 0.15) is 58.8 Å². The molecular formula is C16H31NO. The molecule has 2 rings (SSSR count). The molecular weight excluding hydrogens is 222 g/mol. The third kappa shape index (κ3) is 4.24. The van der Waals surface area contributed by atoms with Crippen LogP contribution in [-0.4, -0.2) is 25.8 Å². The normalized spacial score (nSPS) is 31.7. The molecule has 2 heteroatoms. The molecule has 0 aromatic rings. The van der Waals surface area contributed by atoms with Gasteiger partial charge in [0.05, 0.1) is 0 Å².